The number of hydrogen-bond acceptors (Lipinski definition) is 2. The smallest absolute Gasteiger partial charge is 0.158 e. The molecule has 0 N–H and O–H groups in total. The fourth-order valence-electron chi connectivity index (χ4n) is 3.17. The van der Waals surface area contributed by atoms with E-state index in [1.807, 2.05) is 26.0 Å². The second-order valence-electron chi connectivity index (χ2n) is 6.12. The Kier molecular flexibility index (Phi) is 4.84. The third kappa shape index (κ3) is 2.91. The van der Waals surface area contributed by atoms with Crippen molar-refractivity contribution in [3.63, 3.8) is 0 Å². The van der Waals surface area contributed by atoms with Crippen LogP contribution in [0, 0.1) is 13.8 Å². The van der Waals surface area contributed by atoms with Gasteiger partial charge in [0.05, 0.1) is 11.7 Å². The van der Waals surface area contributed by atoms with E-state index >= 15 is 0 Å². The molecule has 1 aromatic carbocycles. The van der Waals surface area contributed by atoms with Crippen LogP contribution >= 0.6 is 23.2 Å². The van der Waals surface area contributed by atoms with Gasteiger partial charge < -0.3 is 0 Å². The van der Waals surface area contributed by atoms with Gasteiger partial charge in [0.25, 0.3) is 0 Å². The molecule has 126 valence electrons. The van der Waals surface area contributed by atoms with Crippen LogP contribution in [0.3, 0.4) is 0 Å². The summed E-state index contributed by atoms with van der Waals surface area (Å²) in [5.41, 5.74) is 4.86. The summed E-state index contributed by atoms with van der Waals surface area (Å²) in [6.07, 6.45) is 2.08. The van der Waals surface area contributed by atoms with Gasteiger partial charge in [-0.1, -0.05) is 43.1 Å². The molecule has 0 bridgehead atoms. The largest absolute Gasteiger partial charge is 0.244 e. The second kappa shape index (κ2) is 6.73. The molecule has 3 aromatic rings. The summed E-state index contributed by atoms with van der Waals surface area (Å²) in [5.74, 6) is 0. The number of rotatable bonds is 4. The molecule has 0 radical (unpaired) electrons. The number of nitrogens with zero attached hydrogens (tertiary/aromatic N) is 3. The van der Waals surface area contributed by atoms with E-state index in [1.165, 1.54) is 0 Å². The number of fused-ring (bicyclic) bond motifs is 1. The van der Waals surface area contributed by atoms with Crippen molar-refractivity contribution in [1.29, 1.82) is 0 Å². The zero-order valence-electron chi connectivity index (χ0n) is 14.4. The Labute approximate surface area is 152 Å². The van der Waals surface area contributed by atoms with Gasteiger partial charge in [-0.25, -0.2) is 9.67 Å². The van der Waals surface area contributed by atoms with Gasteiger partial charge in [0.1, 0.15) is 0 Å². The molecule has 24 heavy (non-hydrogen) atoms. The quantitative estimate of drug-likeness (QED) is 0.539. The normalized spacial score (nSPS) is 11.6. The van der Waals surface area contributed by atoms with Gasteiger partial charge in [0.15, 0.2) is 5.65 Å². The van der Waals surface area contributed by atoms with E-state index < -0.39 is 0 Å². The lowest BCUT2D eigenvalue weighted by Gasteiger charge is -2.14. The molecular weight excluding hydrogens is 341 g/mol. The van der Waals surface area contributed by atoms with Gasteiger partial charge in [0, 0.05) is 32.3 Å². The summed E-state index contributed by atoms with van der Waals surface area (Å²) in [7, 11) is 0. The van der Waals surface area contributed by atoms with Crippen LogP contribution in [0.1, 0.15) is 44.1 Å². The Morgan fingerprint density at radius 2 is 1.71 bits per heavy atom. The van der Waals surface area contributed by atoms with Crippen molar-refractivity contribution in [2.45, 2.75) is 46.6 Å². The Morgan fingerprint density at radius 3 is 2.33 bits per heavy atom. The number of aryl methyl sites for hydroxylation is 2. The molecule has 0 saturated heterocycles. The van der Waals surface area contributed by atoms with E-state index in [2.05, 4.69) is 24.6 Å². The van der Waals surface area contributed by atoms with E-state index in [1.54, 1.807) is 6.07 Å². The Hall–Kier alpha value is -1.58. The van der Waals surface area contributed by atoms with Gasteiger partial charge in [0.2, 0.25) is 0 Å². The summed E-state index contributed by atoms with van der Waals surface area (Å²) in [5, 5.41) is 7.09. The highest BCUT2D eigenvalue weighted by Gasteiger charge is 2.18. The number of benzene rings is 1. The van der Waals surface area contributed by atoms with Crippen molar-refractivity contribution in [1.82, 2.24) is 14.8 Å². The zero-order chi connectivity index (χ0) is 17.4. The summed E-state index contributed by atoms with van der Waals surface area (Å²) in [4.78, 5) is 4.86. The molecule has 2 heterocycles. The fraction of sp³-hybridized carbons (Fsp3) is 0.368. The molecule has 0 aliphatic carbocycles. The molecule has 0 aliphatic rings. The summed E-state index contributed by atoms with van der Waals surface area (Å²) in [6, 6.07) is 8.09. The molecule has 0 saturated carbocycles. The van der Waals surface area contributed by atoms with Crippen molar-refractivity contribution in [2.24, 2.45) is 0 Å². The maximum atomic E-state index is 6.39. The Balaban J connectivity index is 2.23. The zero-order valence-corrected chi connectivity index (χ0v) is 15.9. The summed E-state index contributed by atoms with van der Waals surface area (Å²) < 4.78 is 2.07. The molecule has 0 spiro atoms. The second-order valence-corrected chi connectivity index (χ2v) is 6.96. The minimum Gasteiger partial charge on any atom is -0.244 e. The predicted octanol–water partition coefficient (Wildman–Crippen LogP) is 6.38. The van der Waals surface area contributed by atoms with Gasteiger partial charge in [-0.15, -0.1) is 0 Å². The van der Waals surface area contributed by atoms with E-state index in [-0.39, 0.29) is 0 Å². The van der Waals surface area contributed by atoms with Crippen molar-refractivity contribution in [3.05, 3.63) is 45.7 Å². The predicted molar refractivity (Wildman–Crippen MR) is 102 cm³/mol. The van der Waals surface area contributed by atoms with Crippen molar-refractivity contribution >= 4 is 34.2 Å². The molecule has 0 fully saturated rings. The number of halogens is 2. The first kappa shape index (κ1) is 17.2. The molecule has 0 atom stereocenters. The summed E-state index contributed by atoms with van der Waals surface area (Å²) >= 11 is 12.4. The number of hydrogen-bond donors (Lipinski definition) is 0. The Bertz CT molecular complexity index is 895. The molecule has 0 amide bonds. The third-order valence-electron chi connectivity index (χ3n) is 4.57. The standard InChI is InChI=1S/C19H21Cl2N3/c1-5-14(6-2)24-19-17(12(4)23-24)10-16(11(3)22-19)15-8-7-13(20)9-18(15)21/h7-10,14H,5-6H2,1-4H3. The van der Waals surface area contributed by atoms with Gasteiger partial charge >= 0.3 is 0 Å². The van der Waals surface area contributed by atoms with Crippen molar-refractivity contribution in [3.8, 4) is 11.1 Å². The first-order valence-corrected chi connectivity index (χ1v) is 9.03. The SMILES string of the molecule is CCC(CC)n1nc(C)c2cc(-c3ccc(Cl)cc3Cl)c(C)nc21. The average Bonchev–Trinajstić information content (AvgIpc) is 2.85. The van der Waals surface area contributed by atoms with E-state index in [0.29, 0.717) is 16.1 Å². The number of pyridine rings is 1. The molecule has 3 nitrogen and oxygen atoms in total. The lowest BCUT2D eigenvalue weighted by Crippen LogP contribution is -2.09. The monoisotopic (exact) mass is 361 g/mol. The van der Waals surface area contributed by atoms with Crippen LogP contribution < -0.4 is 0 Å². The van der Waals surface area contributed by atoms with Crippen LogP contribution in [-0.2, 0) is 0 Å². The highest BCUT2D eigenvalue weighted by atomic mass is 35.5. The van der Waals surface area contributed by atoms with Crippen LogP contribution in [0.4, 0.5) is 0 Å². The van der Waals surface area contributed by atoms with Crippen LogP contribution in [0.25, 0.3) is 22.2 Å². The molecule has 0 aliphatic heterocycles. The highest BCUT2D eigenvalue weighted by molar-refractivity contribution is 6.36. The number of aromatic nitrogens is 3. The summed E-state index contributed by atoms with van der Waals surface area (Å²) in [6.45, 7) is 8.42. The topological polar surface area (TPSA) is 30.7 Å². The maximum Gasteiger partial charge on any atom is 0.158 e. The van der Waals surface area contributed by atoms with Crippen LogP contribution in [0.2, 0.25) is 10.0 Å². The van der Waals surface area contributed by atoms with Crippen molar-refractivity contribution in [2.75, 3.05) is 0 Å². The fourth-order valence-corrected chi connectivity index (χ4v) is 3.68. The van der Waals surface area contributed by atoms with Gasteiger partial charge in [-0.2, -0.15) is 5.10 Å². The van der Waals surface area contributed by atoms with Crippen LogP contribution in [-0.4, -0.2) is 14.8 Å². The third-order valence-corrected chi connectivity index (χ3v) is 5.11. The molecule has 0 unspecified atom stereocenters. The molecule has 2 aromatic heterocycles. The Morgan fingerprint density at radius 1 is 1.00 bits per heavy atom. The molecular formula is C19H21Cl2N3. The van der Waals surface area contributed by atoms with Gasteiger partial charge in [-0.05, 0) is 44.9 Å². The first-order chi connectivity index (χ1) is 11.5. The molecule has 5 heteroatoms. The van der Waals surface area contributed by atoms with E-state index in [9.17, 15) is 0 Å². The van der Waals surface area contributed by atoms with E-state index in [0.717, 1.165) is 46.4 Å². The maximum absolute atomic E-state index is 6.39. The lowest BCUT2D eigenvalue weighted by molar-refractivity contribution is 0.436. The highest BCUT2D eigenvalue weighted by Crippen LogP contribution is 2.35. The minimum absolute atomic E-state index is 0.373. The van der Waals surface area contributed by atoms with Crippen LogP contribution in [0.5, 0.6) is 0 Å². The van der Waals surface area contributed by atoms with Crippen LogP contribution in [0.15, 0.2) is 24.3 Å². The molecule has 3 rings (SSSR count). The average molecular weight is 362 g/mol. The van der Waals surface area contributed by atoms with Crippen molar-refractivity contribution < 1.29 is 0 Å². The van der Waals surface area contributed by atoms with E-state index in [4.69, 9.17) is 33.3 Å². The first-order valence-electron chi connectivity index (χ1n) is 8.28. The van der Waals surface area contributed by atoms with Gasteiger partial charge in [-0.3, -0.25) is 0 Å². The minimum atomic E-state index is 0.373. The lowest BCUT2D eigenvalue weighted by atomic mass is 10.0.